The second-order valence-electron chi connectivity index (χ2n) is 15.0. The predicted molar refractivity (Wildman–Crippen MR) is 208 cm³/mol. The monoisotopic (exact) mass is 965 g/mol. The van der Waals surface area contributed by atoms with Crippen LogP contribution in [0.15, 0.2) is 0 Å². The van der Waals surface area contributed by atoms with Crippen molar-refractivity contribution in [2.24, 2.45) is 0 Å². The summed E-state index contributed by atoms with van der Waals surface area (Å²) in [4.78, 5) is 137. The molecule has 3 fully saturated rings. The number of carbonyl (C=O) groups excluding carboxylic acids is 11. The third-order valence-electron chi connectivity index (χ3n) is 9.21. The van der Waals surface area contributed by atoms with E-state index in [1.54, 1.807) is 0 Å². The zero-order chi connectivity index (χ0) is 50.4. The van der Waals surface area contributed by atoms with E-state index in [1.165, 1.54) is 0 Å². The Balaban J connectivity index is 2.25. The second-order valence-corrected chi connectivity index (χ2v) is 15.0. The van der Waals surface area contributed by atoms with Crippen LogP contribution in [-0.2, 0) is 124 Å². The summed E-state index contributed by atoms with van der Waals surface area (Å²) in [6.45, 7) is 8.84. The average Bonchev–Trinajstić information content (AvgIpc) is 3.17. The molecule has 0 aromatic rings. The van der Waals surface area contributed by atoms with Crippen LogP contribution in [0.4, 0.5) is 0 Å². The summed E-state index contributed by atoms with van der Waals surface area (Å²) in [5.74, 6) is -10.2. The zero-order valence-corrected chi connectivity index (χ0v) is 38.4. The average molecular weight is 966 g/mol. The van der Waals surface area contributed by atoms with Gasteiger partial charge < -0.3 is 76.4 Å². The molecule has 3 heterocycles. The topological polar surface area (TPSA) is 338 Å². The summed E-state index contributed by atoms with van der Waals surface area (Å²) in [7, 11) is 0. The number of hydrogen-bond acceptors (Lipinski definition) is 26. The minimum absolute atomic E-state index is 0.637. The number of carbonyl (C=O) groups is 11. The maximum absolute atomic E-state index is 12.7. The van der Waals surface area contributed by atoms with Gasteiger partial charge in [0.2, 0.25) is 12.2 Å². The van der Waals surface area contributed by atoms with Gasteiger partial charge in [-0.2, -0.15) is 0 Å². The molecule has 0 spiro atoms. The molecule has 0 radical (unpaired) electrons. The van der Waals surface area contributed by atoms with Gasteiger partial charge in [-0.05, 0) is 0 Å². The Kier molecular flexibility index (Phi) is 20.8. The molecule has 15 atom stereocenters. The van der Waals surface area contributed by atoms with Gasteiger partial charge in [-0.1, -0.05) is 0 Å². The molecule has 0 saturated carbocycles. The van der Waals surface area contributed by atoms with Gasteiger partial charge in [-0.15, -0.1) is 0 Å². The van der Waals surface area contributed by atoms with Crippen molar-refractivity contribution in [3.05, 3.63) is 0 Å². The van der Waals surface area contributed by atoms with Crippen molar-refractivity contribution in [3.63, 3.8) is 0 Å². The third kappa shape index (κ3) is 17.0. The van der Waals surface area contributed by atoms with Gasteiger partial charge in [0.25, 0.3) is 0 Å². The lowest BCUT2D eigenvalue weighted by atomic mass is 9.94. The van der Waals surface area contributed by atoms with Crippen LogP contribution in [-0.4, -0.2) is 177 Å². The van der Waals surface area contributed by atoms with Crippen LogP contribution in [0.25, 0.3) is 0 Å². The van der Waals surface area contributed by atoms with Crippen LogP contribution in [0.5, 0.6) is 0 Å². The quantitative estimate of drug-likeness (QED) is 0.118. The fourth-order valence-corrected chi connectivity index (χ4v) is 7.15. The van der Waals surface area contributed by atoms with Crippen LogP contribution >= 0.6 is 0 Å². The molecule has 0 unspecified atom stereocenters. The summed E-state index contributed by atoms with van der Waals surface area (Å²) in [5.41, 5.74) is 0. The highest BCUT2D eigenvalue weighted by Gasteiger charge is 2.58. The molecule has 0 bridgehead atoms. The summed E-state index contributed by atoms with van der Waals surface area (Å²) >= 11 is 0. The number of hydrogen-bond donors (Lipinski definition) is 1. The van der Waals surface area contributed by atoms with Gasteiger partial charge in [0.1, 0.15) is 43.7 Å². The second kappa shape index (κ2) is 25.2. The van der Waals surface area contributed by atoms with Crippen LogP contribution in [0.3, 0.4) is 0 Å². The van der Waals surface area contributed by atoms with Gasteiger partial charge in [0, 0.05) is 76.2 Å². The van der Waals surface area contributed by atoms with Crippen molar-refractivity contribution >= 4 is 65.6 Å². The Hall–Kier alpha value is -6.03. The Morgan fingerprint density at radius 1 is 0.343 bits per heavy atom. The van der Waals surface area contributed by atoms with Crippen molar-refractivity contribution in [1.82, 2.24) is 5.32 Å². The van der Waals surface area contributed by atoms with Crippen LogP contribution in [0.1, 0.15) is 76.2 Å². The van der Waals surface area contributed by atoms with Crippen molar-refractivity contribution in [2.45, 2.75) is 168 Å². The minimum Gasteiger partial charge on any atom is -0.463 e. The summed E-state index contributed by atoms with van der Waals surface area (Å²) in [6, 6.07) is -1.56. The number of amides is 1. The summed E-state index contributed by atoms with van der Waals surface area (Å²) in [6.07, 6.45) is -24.4. The molecule has 27 heteroatoms. The standard InChI is InChI=1S/C40H55NO26/c1-15(42)41-29-33(58-20(6)47)30(26(12-53-16(2)43)64-38(29)63-25(11)52)67-40-37(62-24(10)51)35(60-22(8)49)32(57-19(5)46)28(66-40)14-55-39-36(61-23(9)50)34(59-21(7)48)31(56-18(4)45)27(65-39)13-54-17(3)44/h26-40H,12-14H2,1-11H3,(H,41,42)/t26-,27-,28-,29-,30-,31-,32-,33+,34-,35-,36+,37-,38-,39+,40+/m1/s1. The Labute approximate surface area is 382 Å². The van der Waals surface area contributed by atoms with Crippen LogP contribution < -0.4 is 5.32 Å². The van der Waals surface area contributed by atoms with Crippen molar-refractivity contribution in [1.29, 1.82) is 0 Å². The normalized spacial score (nSPS) is 31.2. The highest BCUT2D eigenvalue weighted by Crippen LogP contribution is 2.36. The SMILES string of the molecule is CC(=O)N[C@H]1[C@H](OC(C)=O)O[C@H](COC(C)=O)[C@@H](O[C@@H]2O[C@H](CO[C@H]3O[C@H](COC(C)=O)[C@@H](OC(C)=O)[C@@H](OC(C)=O)[C@@H]3OC(C)=O)[C@@H](OC(C)=O)[C@@H](OC(C)=O)[C@H]2OC(C)=O)[C@H]1OC(C)=O. The lowest BCUT2D eigenvalue weighted by Gasteiger charge is -2.49. The van der Waals surface area contributed by atoms with E-state index >= 15 is 0 Å². The fraction of sp³-hybridized carbons (Fsp3) is 0.725. The smallest absolute Gasteiger partial charge is 0.305 e. The lowest BCUT2D eigenvalue weighted by molar-refractivity contribution is -0.357. The van der Waals surface area contributed by atoms with Crippen molar-refractivity contribution < 1.29 is 124 Å². The Morgan fingerprint density at radius 3 is 1.07 bits per heavy atom. The number of nitrogens with one attached hydrogen (secondary N) is 1. The van der Waals surface area contributed by atoms with Crippen molar-refractivity contribution in [2.75, 3.05) is 19.8 Å². The molecule has 1 N–H and O–H groups in total. The first-order chi connectivity index (χ1) is 31.3. The largest absolute Gasteiger partial charge is 0.463 e. The maximum Gasteiger partial charge on any atom is 0.305 e. The Bertz CT molecular complexity index is 1850. The first kappa shape index (κ1) is 55.3. The van der Waals surface area contributed by atoms with E-state index in [0.717, 1.165) is 76.2 Å². The summed E-state index contributed by atoms with van der Waals surface area (Å²) < 4.78 is 85.0. The predicted octanol–water partition coefficient (Wildman–Crippen LogP) is -1.72. The zero-order valence-electron chi connectivity index (χ0n) is 38.4. The molecule has 3 rings (SSSR count). The van der Waals surface area contributed by atoms with Gasteiger partial charge in [0.05, 0.1) is 6.61 Å². The number of esters is 10. The first-order valence-corrected chi connectivity index (χ1v) is 20.4. The fourth-order valence-electron chi connectivity index (χ4n) is 7.15. The molecular weight excluding hydrogens is 910 g/mol. The molecule has 27 nitrogen and oxygen atoms in total. The molecule has 0 aromatic heterocycles. The van der Waals surface area contributed by atoms with Crippen molar-refractivity contribution in [3.8, 4) is 0 Å². The molecule has 3 aliphatic rings. The summed E-state index contributed by atoms with van der Waals surface area (Å²) in [5, 5.41) is 2.47. The maximum atomic E-state index is 12.7. The van der Waals surface area contributed by atoms with E-state index < -0.39 is 177 Å². The number of rotatable bonds is 18. The van der Waals surface area contributed by atoms with E-state index in [2.05, 4.69) is 5.32 Å². The Morgan fingerprint density at radius 2 is 0.672 bits per heavy atom. The molecule has 376 valence electrons. The van der Waals surface area contributed by atoms with E-state index in [9.17, 15) is 52.7 Å². The minimum atomic E-state index is -2.03. The highest BCUT2D eigenvalue weighted by molar-refractivity contribution is 5.74. The molecule has 3 aliphatic heterocycles. The molecule has 0 aromatic carbocycles. The third-order valence-corrected chi connectivity index (χ3v) is 9.21. The molecule has 0 aliphatic carbocycles. The van der Waals surface area contributed by atoms with Gasteiger partial charge in [-0.3, -0.25) is 52.7 Å². The van der Waals surface area contributed by atoms with E-state index in [0.29, 0.717) is 0 Å². The lowest BCUT2D eigenvalue weighted by Crippen LogP contribution is -2.69. The van der Waals surface area contributed by atoms with Gasteiger partial charge in [-0.25, -0.2) is 0 Å². The molecule has 67 heavy (non-hydrogen) atoms. The number of ether oxygens (including phenoxy) is 15. The van der Waals surface area contributed by atoms with E-state index in [1.807, 2.05) is 0 Å². The van der Waals surface area contributed by atoms with Crippen LogP contribution in [0.2, 0.25) is 0 Å². The molecule has 1 amide bonds. The van der Waals surface area contributed by atoms with Crippen LogP contribution in [0, 0.1) is 0 Å². The highest BCUT2D eigenvalue weighted by atomic mass is 16.8. The van der Waals surface area contributed by atoms with E-state index in [-0.39, 0.29) is 0 Å². The van der Waals surface area contributed by atoms with Gasteiger partial charge >= 0.3 is 59.7 Å². The van der Waals surface area contributed by atoms with E-state index in [4.69, 9.17) is 71.1 Å². The first-order valence-electron chi connectivity index (χ1n) is 20.4. The molecule has 3 saturated heterocycles. The molecular formula is C40H55NO26. The van der Waals surface area contributed by atoms with Gasteiger partial charge in [0.15, 0.2) is 55.3 Å².